The Bertz CT molecular complexity index is 266. The Morgan fingerprint density at radius 2 is 1.17 bits per heavy atom. The molecule has 0 heterocycles. The average molecular weight is 262 g/mol. The van der Waals surface area contributed by atoms with E-state index in [1.807, 2.05) is 0 Å². The Morgan fingerprint density at radius 1 is 0.833 bits per heavy atom. The van der Waals surface area contributed by atoms with Crippen LogP contribution in [0.2, 0.25) is 0 Å². The molecule has 0 bridgehead atoms. The molecule has 8 heteroatoms. The number of azo groups is 1. The molecule has 0 aliphatic carbocycles. The van der Waals surface area contributed by atoms with Gasteiger partial charge >= 0.3 is 0 Å². The first kappa shape index (κ1) is 16.8. The zero-order chi connectivity index (χ0) is 14.0. The lowest BCUT2D eigenvalue weighted by Crippen LogP contribution is -2.28. The van der Waals surface area contributed by atoms with Gasteiger partial charge in [0, 0.05) is 28.4 Å². The van der Waals surface area contributed by atoms with Crippen LogP contribution in [0.1, 0.15) is 0 Å². The smallest absolute Gasteiger partial charge is 0.295 e. The molecule has 0 N–H and O–H groups in total. The van der Waals surface area contributed by atoms with Crippen LogP contribution in [0.4, 0.5) is 0 Å². The van der Waals surface area contributed by atoms with Crippen LogP contribution < -0.4 is 0 Å². The largest absolute Gasteiger partial charge is 0.381 e. The highest BCUT2D eigenvalue weighted by Gasteiger charge is 2.20. The van der Waals surface area contributed by atoms with Crippen LogP contribution in [0.3, 0.4) is 0 Å². The summed E-state index contributed by atoms with van der Waals surface area (Å²) in [5.41, 5.74) is 0. The third-order valence-electron chi connectivity index (χ3n) is 2.00. The van der Waals surface area contributed by atoms with E-state index in [2.05, 4.69) is 10.2 Å². The molecule has 0 aliphatic rings. The number of amides is 2. The maximum absolute atomic E-state index is 11.4. The van der Waals surface area contributed by atoms with Crippen molar-refractivity contribution in [2.75, 3.05) is 41.7 Å². The number of rotatable bonds is 8. The second-order valence-corrected chi connectivity index (χ2v) is 3.24. The summed E-state index contributed by atoms with van der Waals surface area (Å²) in [6.07, 6.45) is -1.76. The van der Waals surface area contributed by atoms with Crippen molar-refractivity contribution in [1.82, 2.24) is 0 Å². The summed E-state index contributed by atoms with van der Waals surface area (Å²) >= 11 is 0. The summed E-state index contributed by atoms with van der Waals surface area (Å²) in [5, 5.41) is 6.52. The number of methoxy groups -OCH3 is 4. The van der Waals surface area contributed by atoms with E-state index in [1.165, 1.54) is 28.4 Å². The summed E-state index contributed by atoms with van der Waals surface area (Å²) < 4.78 is 19.2. The zero-order valence-corrected chi connectivity index (χ0v) is 10.9. The van der Waals surface area contributed by atoms with Gasteiger partial charge in [-0.1, -0.05) is 0 Å². The molecule has 18 heavy (non-hydrogen) atoms. The van der Waals surface area contributed by atoms with E-state index >= 15 is 0 Å². The van der Waals surface area contributed by atoms with Gasteiger partial charge in [0.05, 0.1) is 13.2 Å². The third-order valence-corrected chi connectivity index (χ3v) is 2.00. The van der Waals surface area contributed by atoms with Gasteiger partial charge in [0.15, 0.2) is 12.2 Å². The fraction of sp³-hybridized carbons (Fsp3) is 0.800. The monoisotopic (exact) mass is 262 g/mol. The lowest BCUT2D eigenvalue weighted by atomic mass is 10.3. The van der Waals surface area contributed by atoms with Crippen LogP contribution in [-0.4, -0.2) is 65.7 Å². The van der Waals surface area contributed by atoms with Gasteiger partial charge in [-0.05, 0) is 0 Å². The number of hydrogen-bond donors (Lipinski definition) is 0. The van der Waals surface area contributed by atoms with E-state index in [4.69, 9.17) is 18.9 Å². The predicted molar refractivity (Wildman–Crippen MR) is 60.2 cm³/mol. The van der Waals surface area contributed by atoms with Gasteiger partial charge in [-0.25, -0.2) is 0 Å². The molecule has 2 unspecified atom stereocenters. The van der Waals surface area contributed by atoms with Gasteiger partial charge in [-0.15, -0.1) is 10.2 Å². The first-order chi connectivity index (χ1) is 8.60. The number of carbonyl (C=O) groups is 2. The average Bonchev–Trinajstić information content (AvgIpc) is 2.38. The lowest BCUT2D eigenvalue weighted by Gasteiger charge is -2.10. The summed E-state index contributed by atoms with van der Waals surface area (Å²) in [5.74, 6) is -1.39. The molecule has 104 valence electrons. The van der Waals surface area contributed by atoms with Crippen LogP contribution in [0.5, 0.6) is 0 Å². The molecule has 0 spiro atoms. The predicted octanol–water partition coefficient (Wildman–Crippen LogP) is -0.185. The molecule has 0 fully saturated rings. The molecule has 0 saturated heterocycles. The second kappa shape index (κ2) is 9.77. The van der Waals surface area contributed by atoms with Crippen molar-refractivity contribution < 1.29 is 28.5 Å². The Labute approximate surface area is 105 Å². The minimum absolute atomic E-state index is 0.0360. The molecule has 2 amide bonds. The highest BCUT2D eigenvalue weighted by Crippen LogP contribution is 1.99. The summed E-state index contributed by atoms with van der Waals surface area (Å²) in [7, 11) is 5.51. The van der Waals surface area contributed by atoms with Crippen molar-refractivity contribution in [3.63, 3.8) is 0 Å². The van der Waals surface area contributed by atoms with E-state index in [0.29, 0.717) is 0 Å². The summed E-state index contributed by atoms with van der Waals surface area (Å²) in [6, 6.07) is 0. The second-order valence-electron chi connectivity index (χ2n) is 3.24. The van der Waals surface area contributed by atoms with Gasteiger partial charge < -0.3 is 18.9 Å². The van der Waals surface area contributed by atoms with Crippen molar-refractivity contribution in [3.8, 4) is 0 Å². The molecule has 0 aromatic heterocycles. The highest BCUT2D eigenvalue weighted by atomic mass is 16.5. The minimum atomic E-state index is -0.880. The highest BCUT2D eigenvalue weighted by molar-refractivity contribution is 5.86. The number of nitrogens with zero attached hydrogens (tertiary/aromatic N) is 2. The van der Waals surface area contributed by atoms with Gasteiger partial charge in [0.1, 0.15) is 0 Å². The van der Waals surface area contributed by atoms with E-state index < -0.39 is 24.0 Å². The first-order valence-electron chi connectivity index (χ1n) is 5.13. The molecular weight excluding hydrogens is 244 g/mol. The molecule has 2 atom stereocenters. The summed E-state index contributed by atoms with van der Waals surface area (Å²) in [6.45, 7) is 0.0721. The Hall–Kier alpha value is -1.22. The molecule has 0 rings (SSSR count). The maximum Gasteiger partial charge on any atom is 0.295 e. The standard InChI is InChI=1S/C10H18N2O6/c1-15-5-7(17-3)9(13)11-12-10(14)8(18-4)6-16-2/h7-8H,5-6H2,1-4H3. The van der Waals surface area contributed by atoms with Gasteiger partial charge in [0.25, 0.3) is 11.8 Å². The molecule has 0 saturated carbocycles. The number of carbonyl (C=O) groups excluding carboxylic acids is 2. The van der Waals surface area contributed by atoms with Crippen molar-refractivity contribution in [2.45, 2.75) is 12.2 Å². The number of hydrogen-bond acceptors (Lipinski definition) is 6. The number of ether oxygens (including phenoxy) is 4. The van der Waals surface area contributed by atoms with Crippen LogP contribution in [-0.2, 0) is 28.5 Å². The fourth-order valence-corrected chi connectivity index (χ4v) is 1.01. The van der Waals surface area contributed by atoms with E-state index in [-0.39, 0.29) is 13.2 Å². The zero-order valence-electron chi connectivity index (χ0n) is 10.9. The molecule has 0 radical (unpaired) electrons. The van der Waals surface area contributed by atoms with Crippen molar-refractivity contribution in [2.24, 2.45) is 10.2 Å². The maximum atomic E-state index is 11.4. The van der Waals surface area contributed by atoms with Crippen LogP contribution in [0.25, 0.3) is 0 Å². The quantitative estimate of drug-likeness (QED) is 0.563. The molecular formula is C10H18N2O6. The third kappa shape index (κ3) is 5.92. The lowest BCUT2D eigenvalue weighted by molar-refractivity contribution is -0.135. The Kier molecular flexibility index (Phi) is 9.11. The Morgan fingerprint density at radius 3 is 1.39 bits per heavy atom. The van der Waals surface area contributed by atoms with E-state index in [1.54, 1.807) is 0 Å². The molecule has 0 aliphatic heterocycles. The van der Waals surface area contributed by atoms with Crippen LogP contribution in [0.15, 0.2) is 10.2 Å². The van der Waals surface area contributed by atoms with Crippen molar-refractivity contribution in [3.05, 3.63) is 0 Å². The Balaban J connectivity index is 4.43. The van der Waals surface area contributed by atoms with Crippen molar-refractivity contribution in [1.29, 1.82) is 0 Å². The normalized spacial score (nSPS) is 14.7. The van der Waals surface area contributed by atoms with Gasteiger partial charge in [-0.2, -0.15) is 0 Å². The van der Waals surface area contributed by atoms with E-state index in [0.717, 1.165) is 0 Å². The first-order valence-corrected chi connectivity index (χ1v) is 5.13. The molecule has 8 nitrogen and oxygen atoms in total. The van der Waals surface area contributed by atoms with Crippen LogP contribution >= 0.6 is 0 Å². The van der Waals surface area contributed by atoms with Gasteiger partial charge in [-0.3, -0.25) is 9.59 Å². The summed E-state index contributed by atoms with van der Waals surface area (Å²) in [4.78, 5) is 22.9. The van der Waals surface area contributed by atoms with Crippen LogP contribution in [0, 0.1) is 0 Å². The fourth-order valence-electron chi connectivity index (χ4n) is 1.01. The van der Waals surface area contributed by atoms with Gasteiger partial charge in [0.2, 0.25) is 0 Å². The minimum Gasteiger partial charge on any atom is -0.381 e. The van der Waals surface area contributed by atoms with Crippen molar-refractivity contribution >= 4 is 11.8 Å². The van der Waals surface area contributed by atoms with E-state index in [9.17, 15) is 9.59 Å². The molecule has 0 aromatic rings. The molecule has 0 aromatic carbocycles. The topological polar surface area (TPSA) is 95.8 Å². The SMILES string of the molecule is COCC(OC)C(=O)N=NC(=O)C(COC)OC.